The Morgan fingerprint density at radius 1 is 1.82 bits per heavy atom. The summed E-state index contributed by atoms with van der Waals surface area (Å²) in [5.74, 6) is 0.845. The number of oxazole rings is 1. The molecular formula is C7H11NO2S. The first-order valence-corrected chi connectivity index (χ1v) is 4.48. The van der Waals surface area contributed by atoms with Crippen LogP contribution in [0.1, 0.15) is 13.3 Å². The molecule has 11 heavy (non-hydrogen) atoms. The smallest absolute Gasteiger partial charge is 0.255 e. The molecule has 1 atom stereocenters. The van der Waals surface area contributed by atoms with Crippen molar-refractivity contribution in [3.63, 3.8) is 0 Å². The number of aliphatic hydroxyl groups is 1. The van der Waals surface area contributed by atoms with Crippen LogP contribution in [-0.4, -0.2) is 21.9 Å². The van der Waals surface area contributed by atoms with E-state index in [4.69, 9.17) is 9.52 Å². The molecule has 1 unspecified atom stereocenters. The first-order valence-electron chi connectivity index (χ1n) is 3.49. The third-order valence-electron chi connectivity index (χ3n) is 1.17. The number of nitrogens with zero attached hydrogens (tertiary/aromatic N) is 1. The number of thioether (sulfide) groups is 1. The van der Waals surface area contributed by atoms with Gasteiger partial charge in [0.1, 0.15) is 6.26 Å². The molecule has 1 heterocycles. The van der Waals surface area contributed by atoms with Gasteiger partial charge in [-0.05, 0) is 13.3 Å². The highest BCUT2D eigenvalue weighted by Crippen LogP contribution is 2.15. The van der Waals surface area contributed by atoms with E-state index in [0.717, 1.165) is 12.2 Å². The summed E-state index contributed by atoms with van der Waals surface area (Å²) in [6, 6.07) is 0. The van der Waals surface area contributed by atoms with E-state index in [-0.39, 0.29) is 6.10 Å². The minimum Gasteiger partial charge on any atom is -0.440 e. The lowest BCUT2D eigenvalue weighted by Crippen LogP contribution is -2.00. The van der Waals surface area contributed by atoms with Crippen LogP contribution in [0.15, 0.2) is 22.1 Å². The highest BCUT2D eigenvalue weighted by atomic mass is 32.2. The molecular weight excluding hydrogens is 162 g/mol. The topological polar surface area (TPSA) is 46.3 Å². The Labute approximate surface area is 69.8 Å². The summed E-state index contributed by atoms with van der Waals surface area (Å²) in [6.07, 6.45) is 3.69. The Morgan fingerprint density at radius 2 is 2.64 bits per heavy atom. The lowest BCUT2D eigenvalue weighted by molar-refractivity contribution is 0.192. The fourth-order valence-corrected chi connectivity index (χ4v) is 1.49. The van der Waals surface area contributed by atoms with E-state index in [2.05, 4.69) is 4.98 Å². The van der Waals surface area contributed by atoms with Crippen LogP contribution in [-0.2, 0) is 0 Å². The van der Waals surface area contributed by atoms with Crippen molar-refractivity contribution in [1.29, 1.82) is 0 Å². The van der Waals surface area contributed by atoms with E-state index in [1.165, 1.54) is 11.8 Å². The second-order valence-corrected chi connectivity index (χ2v) is 3.33. The van der Waals surface area contributed by atoms with Gasteiger partial charge in [0.2, 0.25) is 0 Å². The maximum absolute atomic E-state index is 8.92. The summed E-state index contributed by atoms with van der Waals surface area (Å²) in [7, 11) is 0. The van der Waals surface area contributed by atoms with Crippen molar-refractivity contribution in [3.8, 4) is 0 Å². The molecule has 0 aliphatic heterocycles. The monoisotopic (exact) mass is 173 g/mol. The minimum atomic E-state index is -0.238. The number of hydrogen-bond donors (Lipinski definition) is 1. The van der Waals surface area contributed by atoms with Crippen LogP contribution < -0.4 is 0 Å². The average molecular weight is 173 g/mol. The van der Waals surface area contributed by atoms with Gasteiger partial charge in [-0.2, -0.15) is 0 Å². The maximum atomic E-state index is 8.92. The number of aliphatic hydroxyl groups excluding tert-OH is 1. The predicted octanol–water partition coefficient (Wildman–Crippen LogP) is 1.54. The third-order valence-corrected chi connectivity index (χ3v) is 2.06. The Balaban J connectivity index is 2.14. The summed E-state index contributed by atoms with van der Waals surface area (Å²) in [6.45, 7) is 1.77. The molecule has 0 radical (unpaired) electrons. The maximum Gasteiger partial charge on any atom is 0.255 e. The zero-order valence-corrected chi connectivity index (χ0v) is 7.17. The van der Waals surface area contributed by atoms with Crippen LogP contribution in [0, 0.1) is 0 Å². The molecule has 1 aromatic rings. The van der Waals surface area contributed by atoms with E-state index >= 15 is 0 Å². The second kappa shape index (κ2) is 4.41. The van der Waals surface area contributed by atoms with Crippen LogP contribution in [0.25, 0.3) is 0 Å². The van der Waals surface area contributed by atoms with Gasteiger partial charge in [0.15, 0.2) is 0 Å². The summed E-state index contributed by atoms with van der Waals surface area (Å²) in [4.78, 5) is 3.93. The molecule has 0 amide bonds. The zero-order chi connectivity index (χ0) is 8.10. The largest absolute Gasteiger partial charge is 0.440 e. The van der Waals surface area contributed by atoms with Crippen molar-refractivity contribution in [2.75, 3.05) is 5.75 Å². The van der Waals surface area contributed by atoms with E-state index in [1.807, 2.05) is 0 Å². The van der Waals surface area contributed by atoms with Gasteiger partial charge in [0.05, 0.1) is 12.3 Å². The van der Waals surface area contributed by atoms with E-state index in [9.17, 15) is 0 Å². The van der Waals surface area contributed by atoms with Crippen LogP contribution in [0.5, 0.6) is 0 Å². The van der Waals surface area contributed by atoms with Crippen molar-refractivity contribution in [2.45, 2.75) is 24.7 Å². The van der Waals surface area contributed by atoms with Gasteiger partial charge in [-0.1, -0.05) is 11.8 Å². The molecule has 0 bridgehead atoms. The number of aromatic nitrogens is 1. The lowest BCUT2D eigenvalue weighted by Gasteiger charge is -1.99. The first-order chi connectivity index (χ1) is 5.29. The number of rotatable bonds is 4. The summed E-state index contributed by atoms with van der Waals surface area (Å²) >= 11 is 1.52. The van der Waals surface area contributed by atoms with Gasteiger partial charge < -0.3 is 9.52 Å². The lowest BCUT2D eigenvalue weighted by atomic mass is 10.3. The molecule has 0 aromatic carbocycles. The summed E-state index contributed by atoms with van der Waals surface area (Å²) < 4.78 is 4.99. The highest BCUT2D eigenvalue weighted by Gasteiger charge is 1.99. The molecule has 0 saturated carbocycles. The van der Waals surface area contributed by atoms with Gasteiger partial charge in [-0.15, -0.1) is 0 Å². The van der Waals surface area contributed by atoms with Crippen LogP contribution >= 0.6 is 11.8 Å². The third kappa shape index (κ3) is 3.43. The molecule has 0 aliphatic rings. The normalized spacial score (nSPS) is 13.3. The van der Waals surface area contributed by atoms with E-state index in [0.29, 0.717) is 5.22 Å². The van der Waals surface area contributed by atoms with Gasteiger partial charge in [0.25, 0.3) is 5.22 Å². The van der Waals surface area contributed by atoms with E-state index < -0.39 is 0 Å². The SMILES string of the molecule is CC(O)CCSc1ncco1. The fourth-order valence-electron chi connectivity index (χ4n) is 0.598. The summed E-state index contributed by atoms with van der Waals surface area (Å²) in [5, 5.41) is 9.59. The van der Waals surface area contributed by atoms with Gasteiger partial charge >= 0.3 is 0 Å². The summed E-state index contributed by atoms with van der Waals surface area (Å²) in [5.41, 5.74) is 0. The molecule has 3 nitrogen and oxygen atoms in total. The van der Waals surface area contributed by atoms with Crippen LogP contribution in [0.3, 0.4) is 0 Å². The molecule has 1 aromatic heterocycles. The molecule has 0 aliphatic carbocycles. The Hall–Kier alpha value is -0.480. The molecule has 0 spiro atoms. The van der Waals surface area contributed by atoms with Crippen molar-refractivity contribution in [2.24, 2.45) is 0 Å². The Kier molecular flexibility index (Phi) is 3.45. The molecule has 1 N–H and O–H groups in total. The molecule has 0 saturated heterocycles. The molecule has 0 fully saturated rings. The Bertz CT molecular complexity index is 186. The van der Waals surface area contributed by atoms with E-state index in [1.54, 1.807) is 19.4 Å². The van der Waals surface area contributed by atoms with Crippen molar-refractivity contribution >= 4 is 11.8 Å². The van der Waals surface area contributed by atoms with Crippen molar-refractivity contribution in [1.82, 2.24) is 4.98 Å². The fraction of sp³-hybridized carbons (Fsp3) is 0.571. The van der Waals surface area contributed by atoms with Crippen LogP contribution in [0.2, 0.25) is 0 Å². The van der Waals surface area contributed by atoms with Gasteiger partial charge in [0, 0.05) is 5.75 Å². The van der Waals surface area contributed by atoms with Crippen molar-refractivity contribution < 1.29 is 9.52 Å². The molecule has 62 valence electrons. The molecule has 4 heteroatoms. The Morgan fingerprint density at radius 3 is 3.18 bits per heavy atom. The highest BCUT2D eigenvalue weighted by molar-refractivity contribution is 7.99. The van der Waals surface area contributed by atoms with Crippen molar-refractivity contribution in [3.05, 3.63) is 12.5 Å². The zero-order valence-electron chi connectivity index (χ0n) is 6.36. The molecule has 1 rings (SSSR count). The average Bonchev–Trinajstić information content (AvgIpc) is 2.39. The first kappa shape index (κ1) is 8.62. The van der Waals surface area contributed by atoms with Gasteiger partial charge in [-0.25, -0.2) is 4.98 Å². The second-order valence-electron chi connectivity index (χ2n) is 2.28. The predicted molar refractivity (Wildman–Crippen MR) is 43.5 cm³/mol. The standard InChI is InChI=1S/C7H11NO2S/c1-6(9)2-5-11-7-8-3-4-10-7/h3-4,6,9H,2,5H2,1H3. The van der Waals surface area contributed by atoms with Crippen LogP contribution in [0.4, 0.5) is 0 Å². The quantitative estimate of drug-likeness (QED) is 0.701. The minimum absolute atomic E-state index is 0.238. The van der Waals surface area contributed by atoms with Gasteiger partial charge in [-0.3, -0.25) is 0 Å². The number of hydrogen-bond acceptors (Lipinski definition) is 4.